The largest absolute Gasteiger partial charge is 0.390 e. The van der Waals surface area contributed by atoms with Crippen LogP contribution >= 0.6 is 11.6 Å². The lowest BCUT2D eigenvalue weighted by Gasteiger charge is -2.27. The van der Waals surface area contributed by atoms with Gasteiger partial charge in [-0.15, -0.1) is 11.6 Å². The maximum Gasteiger partial charge on any atom is 0.338 e. The summed E-state index contributed by atoms with van der Waals surface area (Å²) in [5, 5.41) is 18.7. The van der Waals surface area contributed by atoms with E-state index in [0.717, 1.165) is 11.1 Å². The molecule has 0 aliphatic heterocycles. The standard InChI is InChI=1S/C27H37ClN6O4/c1-18(35)32-22(15-19-9-4-2-5-10-19)25(37)34-23(16-20-11-6-3-7-12-20)26(38)33-21(24(36)17-28)13-8-14-31-27(29)30/h2-7,9-12,21-24,36H,8,13-17H2,1H3,(H,32,35)(H,33,38)(H,34,37)(H4,29,30,31)/p+1/t21-,22+,23-,24+/m0/s1. The van der Waals surface area contributed by atoms with E-state index in [0.29, 0.717) is 19.4 Å². The van der Waals surface area contributed by atoms with Crippen molar-refractivity contribution in [3.63, 3.8) is 0 Å². The van der Waals surface area contributed by atoms with Crippen molar-refractivity contribution in [2.45, 2.75) is 56.8 Å². The second-order valence-electron chi connectivity index (χ2n) is 9.05. The van der Waals surface area contributed by atoms with Crippen molar-refractivity contribution in [3.05, 3.63) is 71.8 Å². The van der Waals surface area contributed by atoms with Crippen LogP contribution in [0.4, 0.5) is 0 Å². The van der Waals surface area contributed by atoms with Crippen molar-refractivity contribution in [3.8, 4) is 0 Å². The Labute approximate surface area is 228 Å². The summed E-state index contributed by atoms with van der Waals surface area (Å²) in [6, 6.07) is 16.0. The molecular formula is C27H38ClN6O4+. The van der Waals surface area contributed by atoms with E-state index in [1.807, 2.05) is 60.7 Å². The number of carbonyl (C=O) groups excluding carboxylic acids is 3. The predicted octanol–water partition coefficient (Wildman–Crippen LogP) is -1.32. The monoisotopic (exact) mass is 545 g/mol. The molecule has 0 saturated heterocycles. The van der Waals surface area contributed by atoms with E-state index in [2.05, 4.69) is 20.9 Å². The Balaban J connectivity index is 2.21. The van der Waals surface area contributed by atoms with Crippen molar-refractivity contribution >= 4 is 35.3 Å². The zero-order valence-corrected chi connectivity index (χ0v) is 22.3. The first kappa shape index (κ1) is 30.6. The molecule has 9 N–H and O–H groups in total. The summed E-state index contributed by atoms with van der Waals surface area (Å²) in [4.78, 5) is 41.4. The molecule has 0 spiro atoms. The highest BCUT2D eigenvalue weighted by Gasteiger charge is 2.29. The van der Waals surface area contributed by atoms with Crippen LogP contribution in [0.25, 0.3) is 0 Å². The normalized spacial score (nSPS) is 13.9. The van der Waals surface area contributed by atoms with Crippen LogP contribution in [0.15, 0.2) is 60.7 Å². The highest BCUT2D eigenvalue weighted by Crippen LogP contribution is 2.09. The number of aliphatic hydroxyl groups excluding tert-OH is 1. The maximum absolute atomic E-state index is 13.4. The van der Waals surface area contributed by atoms with Crippen LogP contribution in [0.2, 0.25) is 0 Å². The molecule has 0 bridgehead atoms. The molecule has 2 aromatic carbocycles. The highest BCUT2D eigenvalue weighted by molar-refractivity contribution is 6.18. The molecule has 10 nitrogen and oxygen atoms in total. The minimum Gasteiger partial charge on any atom is -0.390 e. The number of rotatable bonds is 15. The molecule has 38 heavy (non-hydrogen) atoms. The first-order valence-electron chi connectivity index (χ1n) is 12.5. The Morgan fingerprint density at radius 3 is 1.84 bits per heavy atom. The third-order valence-corrected chi connectivity index (χ3v) is 6.18. The van der Waals surface area contributed by atoms with Gasteiger partial charge in [-0.1, -0.05) is 60.7 Å². The molecule has 4 atom stereocenters. The number of nitrogens with one attached hydrogen (secondary N) is 4. The van der Waals surface area contributed by atoms with Gasteiger partial charge in [0.1, 0.15) is 12.1 Å². The van der Waals surface area contributed by atoms with Gasteiger partial charge in [0.2, 0.25) is 17.7 Å². The molecule has 11 heteroatoms. The van der Waals surface area contributed by atoms with E-state index in [9.17, 15) is 19.5 Å². The van der Waals surface area contributed by atoms with Crippen LogP contribution in [0, 0.1) is 0 Å². The smallest absolute Gasteiger partial charge is 0.338 e. The average Bonchev–Trinajstić information content (AvgIpc) is 2.89. The summed E-state index contributed by atoms with van der Waals surface area (Å²) in [5.41, 5.74) is 12.5. The minimum absolute atomic E-state index is 0.0818. The van der Waals surface area contributed by atoms with E-state index >= 15 is 0 Å². The third-order valence-electron chi connectivity index (χ3n) is 5.86. The molecule has 0 aliphatic carbocycles. The summed E-state index contributed by atoms with van der Waals surface area (Å²) in [6.07, 6.45) is 0.412. The van der Waals surface area contributed by atoms with Gasteiger partial charge in [-0.05, 0) is 24.0 Å². The van der Waals surface area contributed by atoms with E-state index in [1.165, 1.54) is 6.92 Å². The number of carbonyl (C=O) groups is 3. The first-order chi connectivity index (χ1) is 18.2. The molecule has 0 unspecified atom stereocenters. The summed E-state index contributed by atoms with van der Waals surface area (Å²) in [6.45, 7) is 1.79. The Morgan fingerprint density at radius 1 is 0.868 bits per heavy atom. The van der Waals surface area contributed by atoms with E-state index in [4.69, 9.17) is 23.1 Å². The summed E-state index contributed by atoms with van der Waals surface area (Å²) >= 11 is 5.88. The number of guanidine groups is 1. The number of aliphatic hydroxyl groups is 1. The summed E-state index contributed by atoms with van der Waals surface area (Å²) in [7, 11) is 0. The number of halogens is 1. The molecule has 0 aliphatic rings. The van der Waals surface area contributed by atoms with Gasteiger partial charge in [0.25, 0.3) is 0 Å². The van der Waals surface area contributed by atoms with E-state index in [1.54, 1.807) is 0 Å². The molecule has 2 aromatic rings. The summed E-state index contributed by atoms with van der Waals surface area (Å²) < 4.78 is 0. The fourth-order valence-electron chi connectivity index (χ4n) is 3.94. The van der Waals surface area contributed by atoms with E-state index in [-0.39, 0.29) is 30.6 Å². The van der Waals surface area contributed by atoms with Crippen molar-refractivity contribution in [2.75, 3.05) is 12.4 Å². The van der Waals surface area contributed by atoms with Crippen LogP contribution in [0.3, 0.4) is 0 Å². The molecule has 0 saturated carbocycles. The van der Waals surface area contributed by atoms with Crippen molar-refractivity contribution in [2.24, 2.45) is 11.5 Å². The van der Waals surface area contributed by atoms with Gasteiger partial charge in [-0.2, -0.15) is 0 Å². The zero-order valence-electron chi connectivity index (χ0n) is 21.5. The van der Waals surface area contributed by atoms with Crippen LogP contribution in [-0.2, 0) is 27.2 Å². The number of hydrogen-bond donors (Lipinski definition) is 7. The third kappa shape index (κ3) is 11.2. The van der Waals surface area contributed by atoms with Crippen molar-refractivity contribution in [1.29, 1.82) is 0 Å². The van der Waals surface area contributed by atoms with Crippen LogP contribution in [0.5, 0.6) is 0 Å². The second-order valence-corrected chi connectivity index (χ2v) is 9.36. The molecule has 2 rings (SSSR count). The molecule has 0 fully saturated rings. The Bertz CT molecular complexity index is 1050. The SMILES string of the molecule is CC(=O)N[C@H](Cc1ccccc1)C(=O)N[C@@H](Cc1ccccc1)C(=O)N[C@@H](CCC[NH+]=C(N)N)[C@H](O)CCl. The molecule has 0 heterocycles. The van der Waals surface area contributed by atoms with Crippen molar-refractivity contribution in [1.82, 2.24) is 16.0 Å². The minimum atomic E-state index is -1.00. The molecule has 0 radical (unpaired) electrons. The number of nitrogens with two attached hydrogens (primary N) is 2. The highest BCUT2D eigenvalue weighted by atomic mass is 35.5. The van der Waals surface area contributed by atoms with Gasteiger partial charge in [0.15, 0.2) is 0 Å². The molecule has 206 valence electrons. The van der Waals surface area contributed by atoms with E-state index < -0.39 is 36.0 Å². The van der Waals surface area contributed by atoms with Gasteiger partial charge < -0.3 is 21.1 Å². The summed E-state index contributed by atoms with van der Waals surface area (Å²) in [5.74, 6) is -1.33. The van der Waals surface area contributed by atoms with Crippen LogP contribution in [-0.4, -0.2) is 65.4 Å². The van der Waals surface area contributed by atoms with Gasteiger partial charge in [0.05, 0.1) is 24.6 Å². The Kier molecular flexibility index (Phi) is 13.1. The molecule has 0 aromatic heterocycles. The molecule has 3 amide bonds. The lowest BCUT2D eigenvalue weighted by Crippen LogP contribution is -2.78. The lowest BCUT2D eigenvalue weighted by molar-refractivity contribution is -0.459. The number of amides is 3. The van der Waals surface area contributed by atoms with Crippen molar-refractivity contribution < 1.29 is 24.5 Å². The topological polar surface area (TPSA) is 174 Å². The lowest BCUT2D eigenvalue weighted by atomic mass is 10.0. The van der Waals surface area contributed by atoms with Crippen LogP contribution in [0.1, 0.15) is 30.9 Å². The first-order valence-corrected chi connectivity index (χ1v) is 13.0. The molecular weight excluding hydrogens is 508 g/mol. The second kappa shape index (κ2) is 16.3. The average molecular weight is 546 g/mol. The van der Waals surface area contributed by atoms with Gasteiger partial charge in [-0.25, -0.2) is 0 Å². The zero-order chi connectivity index (χ0) is 27.9. The predicted molar refractivity (Wildman–Crippen MR) is 147 cm³/mol. The number of alkyl halides is 1. The van der Waals surface area contributed by atoms with Crippen LogP contribution < -0.4 is 32.4 Å². The van der Waals surface area contributed by atoms with Gasteiger partial charge >= 0.3 is 5.96 Å². The Morgan fingerprint density at radius 2 is 1.37 bits per heavy atom. The fourth-order valence-corrected chi connectivity index (χ4v) is 4.16. The fraction of sp³-hybridized carbons (Fsp3) is 0.407. The van der Waals surface area contributed by atoms with Gasteiger partial charge in [0, 0.05) is 19.8 Å². The quantitative estimate of drug-likeness (QED) is 0.0632. The number of hydrogen-bond acceptors (Lipinski definition) is 4. The number of benzene rings is 2. The maximum atomic E-state index is 13.4. The Hall–Kier alpha value is -3.63. The van der Waals surface area contributed by atoms with Gasteiger partial charge in [-0.3, -0.25) is 30.8 Å².